The van der Waals surface area contributed by atoms with Crippen molar-refractivity contribution < 1.29 is 19.5 Å². The molecule has 4 rings (SSSR count). The molecule has 0 atom stereocenters. The highest BCUT2D eigenvalue weighted by Gasteiger charge is 2.26. The second-order valence-corrected chi connectivity index (χ2v) is 7.38. The van der Waals surface area contributed by atoms with E-state index in [2.05, 4.69) is 25.9 Å². The first-order valence-corrected chi connectivity index (χ1v) is 9.93. The fourth-order valence-electron chi connectivity index (χ4n) is 3.25. The summed E-state index contributed by atoms with van der Waals surface area (Å²) in [6.45, 7) is 0.239. The van der Waals surface area contributed by atoms with Crippen LogP contribution in [0.5, 0.6) is 0 Å². The van der Waals surface area contributed by atoms with Gasteiger partial charge < -0.3 is 30.9 Å². The zero-order chi connectivity index (χ0) is 23.5. The summed E-state index contributed by atoms with van der Waals surface area (Å²) in [5.41, 5.74) is 2.33. The van der Waals surface area contributed by atoms with Crippen LogP contribution in [0.4, 0.5) is 39.3 Å². The molecule has 168 valence electrons. The number of urea groups is 1. The van der Waals surface area contributed by atoms with Crippen LogP contribution in [0.25, 0.3) is 0 Å². The number of benzene rings is 2. The van der Waals surface area contributed by atoms with E-state index in [1.165, 1.54) is 17.0 Å². The number of hydrogen-bond donors (Lipinski definition) is 4. The average Bonchev–Trinajstić information content (AvgIpc) is 2.79. The Hall–Kier alpha value is -4.67. The van der Waals surface area contributed by atoms with E-state index in [4.69, 9.17) is 5.11 Å². The first-order chi connectivity index (χ1) is 15.8. The second kappa shape index (κ2) is 8.83. The Bertz CT molecular complexity index is 1230. The van der Waals surface area contributed by atoms with Crippen LogP contribution in [0.1, 0.15) is 10.4 Å². The highest BCUT2D eigenvalue weighted by Crippen LogP contribution is 2.30. The van der Waals surface area contributed by atoms with Gasteiger partial charge in [0.15, 0.2) is 5.82 Å². The minimum Gasteiger partial charge on any atom is -0.478 e. The van der Waals surface area contributed by atoms with Gasteiger partial charge in [0.05, 0.1) is 18.3 Å². The van der Waals surface area contributed by atoms with E-state index >= 15 is 0 Å². The van der Waals surface area contributed by atoms with Crippen LogP contribution < -0.4 is 25.8 Å². The van der Waals surface area contributed by atoms with Crippen molar-refractivity contribution in [3.05, 3.63) is 60.3 Å². The van der Waals surface area contributed by atoms with Crippen LogP contribution in [0.2, 0.25) is 0 Å². The molecule has 1 aliphatic rings. The monoisotopic (exact) mass is 447 g/mol. The van der Waals surface area contributed by atoms with Gasteiger partial charge >= 0.3 is 12.0 Å². The van der Waals surface area contributed by atoms with Crippen molar-refractivity contribution in [3.63, 3.8) is 0 Å². The van der Waals surface area contributed by atoms with Crippen molar-refractivity contribution in [2.75, 3.05) is 46.4 Å². The van der Waals surface area contributed by atoms with Gasteiger partial charge in [-0.15, -0.1) is 0 Å². The molecule has 0 spiro atoms. The van der Waals surface area contributed by atoms with Gasteiger partial charge in [-0.2, -0.15) is 4.98 Å². The molecule has 0 bridgehead atoms. The third kappa shape index (κ3) is 4.82. The standard InChI is InChI=1S/C22H21N7O4/c1-28-12-18(30)29(2)17-11-23-21(27-19(17)28)24-14-6-8-15(9-7-14)25-22(33)26-16-5-3-4-13(10-16)20(31)32/h3-11H,12H2,1-2H3,(H,31,32)(H,23,24,27)(H2,25,26,33). The molecule has 0 fully saturated rings. The second-order valence-electron chi connectivity index (χ2n) is 7.38. The number of hydrogen-bond acceptors (Lipinski definition) is 7. The number of aromatic nitrogens is 2. The molecule has 2 aromatic carbocycles. The highest BCUT2D eigenvalue weighted by molar-refractivity contribution is 6.02. The number of fused-ring (bicyclic) bond motifs is 1. The molecular formula is C22H21N7O4. The first kappa shape index (κ1) is 21.6. The van der Waals surface area contributed by atoms with Gasteiger partial charge in [0.1, 0.15) is 5.69 Å². The number of carbonyl (C=O) groups excluding carboxylic acids is 2. The Morgan fingerprint density at radius 3 is 2.42 bits per heavy atom. The van der Waals surface area contributed by atoms with Gasteiger partial charge in [0.2, 0.25) is 11.9 Å². The quantitative estimate of drug-likeness (QED) is 0.468. The molecule has 33 heavy (non-hydrogen) atoms. The number of nitrogens with one attached hydrogen (secondary N) is 3. The maximum atomic E-state index is 12.2. The largest absolute Gasteiger partial charge is 0.478 e. The summed E-state index contributed by atoms with van der Waals surface area (Å²) in [5, 5.41) is 17.4. The summed E-state index contributed by atoms with van der Waals surface area (Å²) in [7, 11) is 3.49. The Balaban J connectivity index is 1.39. The Morgan fingerprint density at radius 1 is 1.00 bits per heavy atom. The smallest absolute Gasteiger partial charge is 0.335 e. The number of carboxylic acids is 1. The number of carboxylic acid groups (broad SMARTS) is 1. The molecule has 2 heterocycles. The van der Waals surface area contributed by atoms with Gasteiger partial charge in [0.25, 0.3) is 0 Å². The van der Waals surface area contributed by atoms with Gasteiger partial charge in [-0.25, -0.2) is 14.6 Å². The van der Waals surface area contributed by atoms with E-state index in [0.29, 0.717) is 34.5 Å². The molecule has 0 aliphatic carbocycles. The van der Waals surface area contributed by atoms with Crippen LogP contribution >= 0.6 is 0 Å². The van der Waals surface area contributed by atoms with Crippen LogP contribution in [-0.4, -0.2) is 53.6 Å². The molecular weight excluding hydrogens is 426 g/mol. The van der Waals surface area contributed by atoms with Crippen molar-refractivity contribution in [3.8, 4) is 0 Å². The van der Waals surface area contributed by atoms with E-state index in [1.54, 1.807) is 61.6 Å². The van der Waals surface area contributed by atoms with Crippen molar-refractivity contribution >= 4 is 52.4 Å². The van der Waals surface area contributed by atoms with E-state index in [-0.39, 0.29) is 18.0 Å². The summed E-state index contributed by atoms with van der Waals surface area (Å²) in [4.78, 5) is 47.3. The van der Waals surface area contributed by atoms with E-state index in [1.807, 2.05) is 0 Å². The molecule has 3 amide bonds. The first-order valence-electron chi connectivity index (χ1n) is 9.93. The molecule has 0 saturated heterocycles. The van der Waals surface area contributed by atoms with Crippen molar-refractivity contribution in [2.24, 2.45) is 0 Å². The minimum atomic E-state index is -1.07. The fraction of sp³-hybridized carbons (Fsp3) is 0.136. The molecule has 0 radical (unpaired) electrons. The third-order valence-electron chi connectivity index (χ3n) is 4.99. The predicted octanol–water partition coefficient (Wildman–Crippen LogP) is 2.98. The van der Waals surface area contributed by atoms with E-state index in [0.717, 1.165) is 0 Å². The SMILES string of the molecule is CN1CC(=O)N(C)c2cnc(Nc3ccc(NC(=O)Nc4cccc(C(=O)O)c4)cc3)nc21. The summed E-state index contributed by atoms with van der Waals surface area (Å²) in [6, 6.07) is 12.4. The lowest BCUT2D eigenvalue weighted by atomic mass is 10.2. The number of anilines is 6. The predicted molar refractivity (Wildman–Crippen MR) is 124 cm³/mol. The number of nitrogens with zero attached hydrogens (tertiary/aromatic N) is 4. The molecule has 1 aliphatic heterocycles. The summed E-state index contributed by atoms with van der Waals surface area (Å²) < 4.78 is 0. The van der Waals surface area contributed by atoms with Crippen molar-refractivity contribution in [1.82, 2.24) is 9.97 Å². The van der Waals surface area contributed by atoms with Crippen molar-refractivity contribution in [2.45, 2.75) is 0 Å². The Labute approximate surface area is 189 Å². The molecule has 4 N–H and O–H groups in total. The fourth-order valence-corrected chi connectivity index (χ4v) is 3.25. The lowest BCUT2D eigenvalue weighted by Gasteiger charge is -2.31. The maximum absolute atomic E-state index is 12.2. The van der Waals surface area contributed by atoms with E-state index < -0.39 is 12.0 Å². The number of likely N-dealkylation sites (N-methyl/N-ethyl adjacent to an activating group) is 2. The van der Waals surface area contributed by atoms with Gasteiger partial charge in [-0.05, 0) is 42.5 Å². The van der Waals surface area contributed by atoms with Crippen LogP contribution in [-0.2, 0) is 4.79 Å². The van der Waals surface area contributed by atoms with Gasteiger partial charge in [-0.1, -0.05) is 6.07 Å². The summed E-state index contributed by atoms with van der Waals surface area (Å²) in [6.07, 6.45) is 1.60. The number of carbonyl (C=O) groups is 3. The summed E-state index contributed by atoms with van der Waals surface area (Å²) >= 11 is 0. The molecule has 1 aromatic heterocycles. The summed E-state index contributed by atoms with van der Waals surface area (Å²) in [5.74, 6) is -0.0788. The highest BCUT2D eigenvalue weighted by atomic mass is 16.4. The zero-order valence-corrected chi connectivity index (χ0v) is 17.9. The number of amides is 3. The molecule has 11 nitrogen and oxygen atoms in total. The van der Waals surface area contributed by atoms with Gasteiger partial charge in [0, 0.05) is 31.2 Å². The lowest BCUT2D eigenvalue weighted by molar-refractivity contribution is -0.117. The molecule has 0 unspecified atom stereocenters. The maximum Gasteiger partial charge on any atom is 0.335 e. The number of rotatable bonds is 5. The molecule has 11 heteroatoms. The van der Waals surface area contributed by atoms with Crippen LogP contribution in [0, 0.1) is 0 Å². The minimum absolute atomic E-state index is 0.0315. The van der Waals surface area contributed by atoms with Crippen LogP contribution in [0.15, 0.2) is 54.7 Å². The Kier molecular flexibility index (Phi) is 5.77. The lowest BCUT2D eigenvalue weighted by Crippen LogP contribution is -2.42. The zero-order valence-electron chi connectivity index (χ0n) is 17.9. The van der Waals surface area contributed by atoms with Crippen LogP contribution in [0.3, 0.4) is 0 Å². The molecule has 3 aromatic rings. The average molecular weight is 447 g/mol. The Morgan fingerprint density at radius 2 is 1.70 bits per heavy atom. The van der Waals surface area contributed by atoms with Gasteiger partial charge in [-0.3, -0.25) is 4.79 Å². The third-order valence-corrected chi connectivity index (χ3v) is 4.99. The topological polar surface area (TPSA) is 140 Å². The number of aromatic carboxylic acids is 1. The van der Waals surface area contributed by atoms with E-state index in [9.17, 15) is 14.4 Å². The van der Waals surface area contributed by atoms with Crippen molar-refractivity contribution in [1.29, 1.82) is 0 Å². The molecule has 0 saturated carbocycles. The normalized spacial score (nSPS) is 12.7.